The SMILES string of the molecule is CC(CC(=N)N)N1CCS(=O)CC1. The Labute approximate surface area is 81.4 Å². The molecule has 76 valence electrons. The summed E-state index contributed by atoms with van der Waals surface area (Å²) < 4.78 is 11.1. The van der Waals surface area contributed by atoms with Crippen LogP contribution in [0.2, 0.25) is 0 Å². The van der Waals surface area contributed by atoms with Gasteiger partial charge in [0.25, 0.3) is 0 Å². The van der Waals surface area contributed by atoms with E-state index < -0.39 is 10.8 Å². The number of nitrogens with zero attached hydrogens (tertiary/aromatic N) is 1. The molecule has 1 atom stereocenters. The molecule has 0 amide bonds. The zero-order valence-corrected chi connectivity index (χ0v) is 8.77. The van der Waals surface area contributed by atoms with Gasteiger partial charge in [0, 0.05) is 47.9 Å². The van der Waals surface area contributed by atoms with Crippen molar-refractivity contribution in [3.8, 4) is 0 Å². The van der Waals surface area contributed by atoms with Crippen molar-refractivity contribution in [1.82, 2.24) is 4.90 Å². The normalized spacial score (nSPS) is 22.8. The average Bonchev–Trinajstić information content (AvgIpc) is 2.04. The maximum atomic E-state index is 11.1. The van der Waals surface area contributed by atoms with Crippen LogP contribution in [0, 0.1) is 5.41 Å². The maximum absolute atomic E-state index is 11.1. The molecule has 1 saturated heterocycles. The van der Waals surface area contributed by atoms with Gasteiger partial charge in [0.05, 0.1) is 5.84 Å². The van der Waals surface area contributed by atoms with Crippen LogP contribution in [0.1, 0.15) is 13.3 Å². The van der Waals surface area contributed by atoms with Crippen LogP contribution in [0.4, 0.5) is 0 Å². The third kappa shape index (κ3) is 3.44. The fourth-order valence-electron chi connectivity index (χ4n) is 1.54. The van der Waals surface area contributed by atoms with Gasteiger partial charge in [-0.3, -0.25) is 14.5 Å². The van der Waals surface area contributed by atoms with E-state index in [1.807, 2.05) is 0 Å². The lowest BCUT2D eigenvalue weighted by Crippen LogP contribution is -2.44. The highest BCUT2D eigenvalue weighted by molar-refractivity contribution is 7.85. The van der Waals surface area contributed by atoms with Gasteiger partial charge in [-0.25, -0.2) is 0 Å². The van der Waals surface area contributed by atoms with Gasteiger partial charge in [0.15, 0.2) is 0 Å². The van der Waals surface area contributed by atoms with Crippen molar-refractivity contribution in [2.24, 2.45) is 5.73 Å². The molecule has 5 heteroatoms. The van der Waals surface area contributed by atoms with Crippen LogP contribution in [0.3, 0.4) is 0 Å². The fourth-order valence-corrected chi connectivity index (χ4v) is 2.62. The van der Waals surface area contributed by atoms with Crippen molar-refractivity contribution >= 4 is 16.6 Å². The van der Waals surface area contributed by atoms with Crippen LogP contribution in [0.15, 0.2) is 0 Å². The van der Waals surface area contributed by atoms with Gasteiger partial charge in [-0.05, 0) is 6.92 Å². The summed E-state index contributed by atoms with van der Waals surface area (Å²) >= 11 is 0. The quantitative estimate of drug-likeness (QED) is 0.491. The first-order valence-corrected chi connectivity index (χ1v) is 6.00. The van der Waals surface area contributed by atoms with E-state index in [1.165, 1.54) is 0 Å². The molecule has 1 fully saturated rings. The Hall–Kier alpha value is -0.420. The number of nitrogens with one attached hydrogen (secondary N) is 1. The summed E-state index contributed by atoms with van der Waals surface area (Å²) in [6.07, 6.45) is 0.618. The minimum atomic E-state index is -0.617. The Bertz CT molecular complexity index is 209. The Morgan fingerprint density at radius 2 is 2.15 bits per heavy atom. The highest BCUT2D eigenvalue weighted by atomic mass is 32.2. The molecule has 13 heavy (non-hydrogen) atoms. The number of nitrogens with two attached hydrogens (primary N) is 1. The molecule has 0 bridgehead atoms. The molecule has 0 aromatic heterocycles. The second-order valence-electron chi connectivity index (χ2n) is 3.46. The number of amidine groups is 1. The second kappa shape index (κ2) is 4.72. The van der Waals surface area contributed by atoms with Gasteiger partial charge in [0.1, 0.15) is 0 Å². The zero-order chi connectivity index (χ0) is 9.84. The van der Waals surface area contributed by atoms with Gasteiger partial charge in [-0.2, -0.15) is 0 Å². The molecular weight excluding hydrogens is 186 g/mol. The molecule has 0 aromatic carbocycles. The highest BCUT2D eigenvalue weighted by Crippen LogP contribution is 2.07. The number of rotatable bonds is 3. The molecule has 0 radical (unpaired) electrons. The van der Waals surface area contributed by atoms with Crippen LogP contribution in [0.5, 0.6) is 0 Å². The summed E-state index contributed by atoms with van der Waals surface area (Å²) in [5, 5.41) is 7.17. The lowest BCUT2D eigenvalue weighted by Gasteiger charge is -2.31. The van der Waals surface area contributed by atoms with Gasteiger partial charge in [-0.1, -0.05) is 0 Å². The summed E-state index contributed by atoms with van der Waals surface area (Å²) in [6.45, 7) is 3.82. The average molecular weight is 203 g/mol. The van der Waals surface area contributed by atoms with Gasteiger partial charge >= 0.3 is 0 Å². The van der Waals surface area contributed by atoms with Gasteiger partial charge in [0.2, 0.25) is 0 Å². The first kappa shape index (κ1) is 10.7. The molecule has 3 N–H and O–H groups in total. The minimum Gasteiger partial charge on any atom is -0.388 e. The number of hydrogen-bond acceptors (Lipinski definition) is 3. The standard InChI is InChI=1S/C8H17N3OS/c1-7(6-8(9)10)11-2-4-13(12)5-3-11/h7H,2-6H2,1H3,(H3,9,10). The molecule has 0 saturated carbocycles. The second-order valence-corrected chi connectivity index (χ2v) is 5.16. The van der Waals surface area contributed by atoms with Gasteiger partial charge < -0.3 is 5.73 Å². The third-order valence-corrected chi connectivity index (χ3v) is 3.63. The largest absolute Gasteiger partial charge is 0.388 e. The van der Waals surface area contributed by atoms with Crippen molar-refractivity contribution in [3.05, 3.63) is 0 Å². The van der Waals surface area contributed by atoms with Crippen molar-refractivity contribution in [2.45, 2.75) is 19.4 Å². The third-order valence-electron chi connectivity index (χ3n) is 2.35. The van der Waals surface area contributed by atoms with E-state index in [-0.39, 0.29) is 5.84 Å². The lowest BCUT2D eigenvalue weighted by molar-refractivity contribution is 0.233. The predicted molar refractivity (Wildman–Crippen MR) is 55.4 cm³/mol. The molecule has 1 unspecified atom stereocenters. The van der Waals surface area contributed by atoms with Crippen LogP contribution in [-0.2, 0) is 10.8 Å². The van der Waals surface area contributed by atoms with Crippen molar-refractivity contribution in [3.63, 3.8) is 0 Å². The van der Waals surface area contributed by atoms with E-state index in [9.17, 15) is 4.21 Å². The predicted octanol–water partition coefficient (Wildman–Crippen LogP) is -0.235. The smallest absolute Gasteiger partial charge is 0.0920 e. The van der Waals surface area contributed by atoms with E-state index >= 15 is 0 Å². The lowest BCUT2D eigenvalue weighted by atomic mass is 10.2. The van der Waals surface area contributed by atoms with Crippen molar-refractivity contribution in [1.29, 1.82) is 5.41 Å². The molecule has 0 aromatic rings. The molecular formula is C8H17N3OS. The zero-order valence-electron chi connectivity index (χ0n) is 7.95. The summed E-state index contributed by atoms with van der Waals surface area (Å²) in [6, 6.07) is 0.315. The first-order chi connectivity index (χ1) is 6.09. The van der Waals surface area contributed by atoms with Crippen molar-refractivity contribution < 1.29 is 4.21 Å². The van der Waals surface area contributed by atoms with Crippen LogP contribution in [0.25, 0.3) is 0 Å². The Balaban J connectivity index is 2.35. The molecule has 4 nitrogen and oxygen atoms in total. The van der Waals surface area contributed by atoms with E-state index in [1.54, 1.807) is 0 Å². The minimum absolute atomic E-state index is 0.235. The Kier molecular flexibility index (Phi) is 3.87. The van der Waals surface area contributed by atoms with Crippen molar-refractivity contribution in [2.75, 3.05) is 24.6 Å². The van der Waals surface area contributed by atoms with Gasteiger partial charge in [-0.15, -0.1) is 0 Å². The topological polar surface area (TPSA) is 70.2 Å². The maximum Gasteiger partial charge on any atom is 0.0920 e. The molecule has 0 aliphatic carbocycles. The summed E-state index contributed by atoms with van der Waals surface area (Å²) in [7, 11) is -0.617. The van der Waals surface area contributed by atoms with E-state index in [4.69, 9.17) is 11.1 Å². The van der Waals surface area contributed by atoms with E-state index in [0.717, 1.165) is 24.6 Å². The van der Waals surface area contributed by atoms with Crippen LogP contribution < -0.4 is 5.73 Å². The fraction of sp³-hybridized carbons (Fsp3) is 0.875. The summed E-state index contributed by atoms with van der Waals surface area (Å²) in [5.41, 5.74) is 5.32. The Morgan fingerprint density at radius 3 is 2.62 bits per heavy atom. The van der Waals surface area contributed by atoms with E-state index in [2.05, 4.69) is 11.8 Å². The van der Waals surface area contributed by atoms with Crippen LogP contribution in [-0.4, -0.2) is 45.6 Å². The molecule has 1 heterocycles. The number of hydrogen-bond donors (Lipinski definition) is 2. The summed E-state index contributed by atoms with van der Waals surface area (Å²) in [4.78, 5) is 2.25. The van der Waals surface area contributed by atoms with E-state index in [0.29, 0.717) is 12.5 Å². The highest BCUT2D eigenvalue weighted by Gasteiger charge is 2.20. The molecule has 1 rings (SSSR count). The monoisotopic (exact) mass is 203 g/mol. The first-order valence-electron chi connectivity index (χ1n) is 4.51. The molecule has 1 aliphatic heterocycles. The summed E-state index contributed by atoms with van der Waals surface area (Å²) in [5.74, 6) is 1.77. The Morgan fingerprint density at radius 1 is 1.62 bits per heavy atom. The molecule has 1 aliphatic rings. The van der Waals surface area contributed by atoms with Crippen LogP contribution >= 0.6 is 0 Å². The molecule has 0 spiro atoms.